The van der Waals surface area contributed by atoms with Crippen molar-refractivity contribution in [2.45, 2.75) is 24.5 Å². The Morgan fingerprint density at radius 1 is 1.00 bits per heavy atom. The SMILES string of the molecule is CC(CNS(=O)(=O)c1ccccc1)OCc1ccccc1. The van der Waals surface area contributed by atoms with Gasteiger partial charge in [0.1, 0.15) is 0 Å². The van der Waals surface area contributed by atoms with Crippen molar-refractivity contribution in [1.82, 2.24) is 4.72 Å². The van der Waals surface area contributed by atoms with Crippen LogP contribution in [0.25, 0.3) is 0 Å². The van der Waals surface area contributed by atoms with E-state index in [1.54, 1.807) is 30.3 Å². The molecule has 0 fully saturated rings. The largest absolute Gasteiger partial charge is 0.372 e. The maximum Gasteiger partial charge on any atom is 0.240 e. The summed E-state index contributed by atoms with van der Waals surface area (Å²) in [7, 11) is -3.47. The molecular weight excluding hydrogens is 286 g/mol. The summed E-state index contributed by atoms with van der Waals surface area (Å²) in [6.07, 6.45) is -0.205. The second-order valence-electron chi connectivity index (χ2n) is 4.77. The topological polar surface area (TPSA) is 55.4 Å². The molecule has 5 heteroatoms. The van der Waals surface area contributed by atoms with Gasteiger partial charge in [0.05, 0.1) is 17.6 Å². The number of hydrogen-bond donors (Lipinski definition) is 1. The summed E-state index contributed by atoms with van der Waals surface area (Å²) < 4.78 is 32.3. The van der Waals surface area contributed by atoms with Gasteiger partial charge in [0.15, 0.2) is 0 Å². The number of benzene rings is 2. The number of nitrogens with one attached hydrogen (secondary N) is 1. The van der Waals surface area contributed by atoms with Crippen molar-refractivity contribution in [2.24, 2.45) is 0 Å². The predicted molar refractivity (Wildman–Crippen MR) is 82.3 cm³/mol. The van der Waals surface area contributed by atoms with Crippen LogP contribution in [-0.4, -0.2) is 21.1 Å². The molecule has 1 N–H and O–H groups in total. The van der Waals surface area contributed by atoms with Gasteiger partial charge in [-0.1, -0.05) is 48.5 Å². The summed E-state index contributed by atoms with van der Waals surface area (Å²) in [4.78, 5) is 0.264. The minimum atomic E-state index is -3.47. The zero-order chi connectivity index (χ0) is 15.1. The standard InChI is InChI=1S/C16H19NO3S/c1-14(20-13-15-8-4-2-5-9-15)12-17-21(18,19)16-10-6-3-7-11-16/h2-11,14,17H,12-13H2,1H3. The lowest BCUT2D eigenvalue weighted by Crippen LogP contribution is -2.32. The van der Waals surface area contributed by atoms with Crippen molar-refractivity contribution >= 4 is 10.0 Å². The third-order valence-corrected chi connectivity index (χ3v) is 4.43. The Balaban J connectivity index is 1.82. The van der Waals surface area contributed by atoms with Gasteiger partial charge in [-0.3, -0.25) is 0 Å². The van der Waals surface area contributed by atoms with Gasteiger partial charge in [-0.25, -0.2) is 13.1 Å². The molecule has 2 aromatic rings. The van der Waals surface area contributed by atoms with E-state index < -0.39 is 10.0 Å². The van der Waals surface area contributed by atoms with Gasteiger partial charge in [0.25, 0.3) is 0 Å². The summed E-state index contributed by atoms with van der Waals surface area (Å²) >= 11 is 0. The van der Waals surface area contributed by atoms with Crippen LogP contribution >= 0.6 is 0 Å². The second kappa shape index (κ2) is 7.36. The summed E-state index contributed by atoms with van der Waals surface area (Å²) in [6.45, 7) is 2.55. The normalized spacial score (nSPS) is 13.0. The molecule has 0 aliphatic carbocycles. The van der Waals surface area contributed by atoms with Crippen molar-refractivity contribution in [3.63, 3.8) is 0 Å². The first-order chi connectivity index (χ1) is 10.1. The fraction of sp³-hybridized carbons (Fsp3) is 0.250. The van der Waals surface area contributed by atoms with Gasteiger partial charge < -0.3 is 4.74 Å². The highest BCUT2D eigenvalue weighted by molar-refractivity contribution is 7.89. The van der Waals surface area contributed by atoms with E-state index in [4.69, 9.17) is 4.74 Å². The number of ether oxygens (including phenoxy) is 1. The molecule has 0 saturated heterocycles. The minimum Gasteiger partial charge on any atom is -0.372 e. The summed E-state index contributed by atoms with van der Waals surface area (Å²) in [5.74, 6) is 0. The van der Waals surface area contributed by atoms with Crippen molar-refractivity contribution in [3.05, 3.63) is 66.2 Å². The van der Waals surface area contributed by atoms with E-state index in [0.717, 1.165) is 5.56 Å². The molecule has 0 bridgehead atoms. The van der Waals surface area contributed by atoms with Crippen LogP contribution in [0.1, 0.15) is 12.5 Å². The van der Waals surface area contributed by atoms with Crippen LogP contribution in [0.3, 0.4) is 0 Å². The van der Waals surface area contributed by atoms with Gasteiger partial charge in [-0.2, -0.15) is 0 Å². The van der Waals surface area contributed by atoms with Gasteiger partial charge >= 0.3 is 0 Å². The van der Waals surface area contributed by atoms with E-state index in [9.17, 15) is 8.42 Å². The highest BCUT2D eigenvalue weighted by Gasteiger charge is 2.14. The lowest BCUT2D eigenvalue weighted by atomic mass is 10.2. The van der Waals surface area contributed by atoms with E-state index in [0.29, 0.717) is 6.61 Å². The maximum absolute atomic E-state index is 12.0. The first kappa shape index (κ1) is 15.7. The molecular formula is C16H19NO3S. The zero-order valence-electron chi connectivity index (χ0n) is 11.9. The minimum absolute atomic E-state index is 0.205. The molecule has 0 spiro atoms. The van der Waals surface area contributed by atoms with Crippen LogP contribution < -0.4 is 4.72 Å². The Bertz CT molecular complexity index is 642. The fourth-order valence-electron chi connectivity index (χ4n) is 1.78. The average molecular weight is 305 g/mol. The molecule has 4 nitrogen and oxygen atoms in total. The first-order valence-electron chi connectivity index (χ1n) is 6.78. The first-order valence-corrected chi connectivity index (χ1v) is 8.26. The molecule has 1 atom stereocenters. The molecule has 0 aliphatic rings. The van der Waals surface area contributed by atoms with Crippen molar-refractivity contribution in [3.8, 4) is 0 Å². The Labute approximate surface area is 125 Å². The number of hydrogen-bond acceptors (Lipinski definition) is 3. The van der Waals surface area contributed by atoms with Crippen molar-refractivity contribution < 1.29 is 13.2 Å². The lowest BCUT2D eigenvalue weighted by molar-refractivity contribution is 0.0566. The number of rotatable bonds is 7. The molecule has 0 heterocycles. The van der Waals surface area contributed by atoms with Gasteiger partial charge in [0.2, 0.25) is 10.0 Å². The summed E-state index contributed by atoms with van der Waals surface area (Å²) in [5.41, 5.74) is 1.07. The molecule has 0 radical (unpaired) electrons. The Morgan fingerprint density at radius 2 is 1.57 bits per heavy atom. The quantitative estimate of drug-likeness (QED) is 0.855. The summed E-state index contributed by atoms with van der Waals surface area (Å²) in [6, 6.07) is 18.1. The van der Waals surface area contributed by atoms with E-state index in [-0.39, 0.29) is 17.5 Å². The van der Waals surface area contributed by atoms with Crippen LogP contribution in [0, 0.1) is 0 Å². The molecule has 112 valence electrons. The van der Waals surface area contributed by atoms with Gasteiger partial charge in [0, 0.05) is 6.54 Å². The number of sulfonamides is 1. The molecule has 0 amide bonds. The zero-order valence-corrected chi connectivity index (χ0v) is 12.7. The second-order valence-corrected chi connectivity index (χ2v) is 6.54. The van der Waals surface area contributed by atoms with Gasteiger partial charge in [-0.05, 0) is 24.6 Å². The summed E-state index contributed by atoms with van der Waals surface area (Å²) in [5, 5.41) is 0. The van der Waals surface area contributed by atoms with E-state index in [2.05, 4.69) is 4.72 Å². The van der Waals surface area contributed by atoms with Crippen LogP contribution in [0.2, 0.25) is 0 Å². The third-order valence-electron chi connectivity index (χ3n) is 2.99. The fourth-order valence-corrected chi connectivity index (χ4v) is 2.92. The predicted octanol–water partition coefficient (Wildman–Crippen LogP) is 2.57. The molecule has 2 rings (SSSR count). The van der Waals surface area contributed by atoms with Crippen LogP contribution in [0.15, 0.2) is 65.6 Å². The van der Waals surface area contributed by atoms with Crippen molar-refractivity contribution in [1.29, 1.82) is 0 Å². The Hall–Kier alpha value is -1.69. The molecule has 1 unspecified atom stereocenters. The smallest absolute Gasteiger partial charge is 0.240 e. The highest BCUT2D eigenvalue weighted by atomic mass is 32.2. The highest BCUT2D eigenvalue weighted by Crippen LogP contribution is 2.08. The third kappa shape index (κ3) is 4.97. The van der Waals surface area contributed by atoms with Crippen LogP contribution in [0.5, 0.6) is 0 Å². The van der Waals surface area contributed by atoms with E-state index >= 15 is 0 Å². The Morgan fingerprint density at radius 3 is 2.19 bits per heavy atom. The van der Waals surface area contributed by atoms with E-state index in [1.165, 1.54) is 0 Å². The Kier molecular flexibility index (Phi) is 5.50. The van der Waals surface area contributed by atoms with Crippen LogP contribution in [0.4, 0.5) is 0 Å². The molecule has 21 heavy (non-hydrogen) atoms. The molecule has 0 saturated carbocycles. The molecule has 2 aromatic carbocycles. The van der Waals surface area contributed by atoms with Crippen molar-refractivity contribution in [2.75, 3.05) is 6.54 Å². The maximum atomic E-state index is 12.0. The van der Waals surface area contributed by atoms with Gasteiger partial charge in [-0.15, -0.1) is 0 Å². The molecule has 0 aromatic heterocycles. The van der Waals surface area contributed by atoms with Crippen LogP contribution in [-0.2, 0) is 21.4 Å². The lowest BCUT2D eigenvalue weighted by Gasteiger charge is -2.14. The molecule has 0 aliphatic heterocycles. The van der Waals surface area contributed by atoms with E-state index in [1.807, 2.05) is 37.3 Å². The monoisotopic (exact) mass is 305 g/mol. The average Bonchev–Trinajstić information content (AvgIpc) is 2.53.